The van der Waals surface area contributed by atoms with Crippen LogP contribution >= 0.6 is 11.3 Å². The number of hydrogen-bond donors (Lipinski definition) is 1. The van der Waals surface area contributed by atoms with Crippen LogP contribution < -0.4 is 5.32 Å². The standard InChI is InChI=1S/C15H28N2OS/c1-11(2)16-8-15-7-14(13(4)19-15)9-17(5)12(3)10-18-6/h7,11-12,16H,8-10H2,1-6H3. The summed E-state index contributed by atoms with van der Waals surface area (Å²) in [6, 6.07) is 3.32. The maximum atomic E-state index is 5.21. The van der Waals surface area contributed by atoms with Crippen molar-refractivity contribution in [2.24, 2.45) is 0 Å². The molecule has 3 nitrogen and oxygen atoms in total. The predicted molar refractivity (Wildman–Crippen MR) is 83.8 cm³/mol. The summed E-state index contributed by atoms with van der Waals surface area (Å²) >= 11 is 1.90. The number of nitrogens with zero attached hydrogens (tertiary/aromatic N) is 1. The Kier molecular flexibility index (Phi) is 7.00. The van der Waals surface area contributed by atoms with Gasteiger partial charge in [-0.25, -0.2) is 0 Å². The van der Waals surface area contributed by atoms with Crippen molar-refractivity contribution >= 4 is 11.3 Å². The molecule has 1 N–H and O–H groups in total. The molecule has 0 spiro atoms. The van der Waals surface area contributed by atoms with Gasteiger partial charge in [-0.3, -0.25) is 4.90 Å². The van der Waals surface area contributed by atoms with E-state index < -0.39 is 0 Å². The Labute approximate surface area is 122 Å². The number of rotatable bonds is 8. The van der Waals surface area contributed by atoms with Crippen LogP contribution in [0.3, 0.4) is 0 Å². The van der Waals surface area contributed by atoms with Crippen molar-refractivity contribution in [2.45, 2.75) is 52.9 Å². The molecule has 1 aromatic heterocycles. The lowest BCUT2D eigenvalue weighted by Gasteiger charge is -2.23. The fraction of sp³-hybridized carbons (Fsp3) is 0.733. The summed E-state index contributed by atoms with van der Waals surface area (Å²) < 4.78 is 5.21. The van der Waals surface area contributed by atoms with E-state index in [4.69, 9.17) is 4.74 Å². The van der Waals surface area contributed by atoms with Crippen LogP contribution in [0.4, 0.5) is 0 Å². The van der Waals surface area contributed by atoms with Crippen molar-refractivity contribution in [3.8, 4) is 0 Å². The van der Waals surface area contributed by atoms with Crippen LogP contribution in [0.2, 0.25) is 0 Å². The molecular formula is C15H28N2OS. The van der Waals surface area contributed by atoms with Crippen molar-refractivity contribution < 1.29 is 4.74 Å². The Morgan fingerprint density at radius 2 is 2.05 bits per heavy atom. The largest absolute Gasteiger partial charge is 0.383 e. The van der Waals surface area contributed by atoms with Gasteiger partial charge in [0.05, 0.1) is 6.61 Å². The topological polar surface area (TPSA) is 24.5 Å². The van der Waals surface area contributed by atoms with Gasteiger partial charge in [-0.1, -0.05) is 13.8 Å². The SMILES string of the molecule is COCC(C)N(C)Cc1cc(CNC(C)C)sc1C. The van der Waals surface area contributed by atoms with Gasteiger partial charge in [-0.05, 0) is 32.5 Å². The fourth-order valence-electron chi connectivity index (χ4n) is 1.93. The monoisotopic (exact) mass is 284 g/mol. The lowest BCUT2D eigenvalue weighted by Crippen LogP contribution is -2.32. The van der Waals surface area contributed by atoms with Crippen molar-refractivity contribution in [3.05, 3.63) is 21.4 Å². The Morgan fingerprint density at radius 1 is 1.37 bits per heavy atom. The zero-order valence-electron chi connectivity index (χ0n) is 13.1. The van der Waals surface area contributed by atoms with Gasteiger partial charge in [0.25, 0.3) is 0 Å². The summed E-state index contributed by atoms with van der Waals surface area (Å²) in [7, 11) is 3.92. The number of thiophene rings is 1. The molecule has 0 amide bonds. The summed E-state index contributed by atoms with van der Waals surface area (Å²) in [5.41, 5.74) is 1.44. The maximum absolute atomic E-state index is 5.21. The highest BCUT2D eigenvalue weighted by atomic mass is 32.1. The third-order valence-corrected chi connectivity index (χ3v) is 4.43. The molecule has 1 unspecified atom stereocenters. The van der Waals surface area contributed by atoms with Crippen LogP contribution in [-0.4, -0.2) is 37.7 Å². The summed E-state index contributed by atoms with van der Waals surface area (Å²) in [4.78, 5) is 5.20. The van der Waals surface area contributed by atoms with E-state index in [1.54, 1.807) is 7.11 Å². The Morgan fingerprint density at radius 3 is 2.63 bits per heavy atom. The molecule has 19 heavy (non-hydrogen) atoms. The van der Waals surface area contributed by atoms with E-state index in [2.05, 4.69) is 51.0 Å². The van der Waals surface area contributed by atoms with Gasteiger partial charge >= 0.3 is 0 Å². The molecule has 0 aromatic carbocycles. The maximum Gasteiger partial charge on any atom is 0.0615 e. The Balaban J connectivity index is 2.58. The van der Waals surface area contributed by atoms with Crippen LogP contribution in [-0.2, 0) is 17.8 Å². The predicted octanol–water partition coefficient (Wildman–Crippen LogP) is 3.02. The molecule has 0 fully saturated rings. The molecule has 0 radical (unpaired) electrons. The summed E-state index contributed by atoms with van der Waals surface area (Å²) in [5, 5.41) is 3.48. The van der Waals surface area contributed by atoms with Crippen LogP contribution in [0, 0.1) is 6.92 Å². The molecule has 0 aliphatic rings. The van der Waals surface area contributed by atoms with Crippen molar-refractivity contribution in [1.29, 1.82) is 0 Å². The van der Waals surface area contributed by atoms with Crippen molar-refractivity contribution in [2.75, 3.05) is 20.8 Å². The molecule has 0 saturated heterocycles. The number of nitrogens with one attached hydrogen (secondary N) is 1. The fourth-order valence-corrected chi connectivity index (χ4v) is 2.93. The molecule has 1 heterocycles. The average molecular weight is 284 g/mol. The highest BCUT2D eigenvalue weighted by molar-refractivity contribution is 7.12. The van der Waals surface area contributed by atoms with Gasteiger partial charge in [0.15, 0.2) is 0 Å². The van der Waals surface area contributed by atoms with Crippen molar-refractivity contribution in [3.63, 3.8) is 0 Å². The second-order valence-corrected chi connectivity index (χ2v) is 6.89. The first-order chi connectivity index (χ1) is 8.93. The van der Waals surface area contributed by atoms with E-state index >= 15 is 0 Å². The number of methoxy groups -OCH3 is 1. The van der Waals surface area contributed by atoms with E-state index in [0.717, 1.165) is 19.7 Å². The normalized spacial score (nSPS) is 13.5. The van der Waals surface area contributed by atoms with E-state index in [1.807, 2.05) is 11.3 Å². The number of likely N-dealkylation sites (N-methyl/N-ethyl adjacent to an activating group) is 1. The third-order valence-electron chi connectivity index (χ3n) is 3.34. The molecule has 1 rings (SSSR count). The zero-order valence-corrected chi connectivity index (χ0v) is 13.9. The molecular weight excluding hydrogens is 256 g/mol. The second-order valence-electron chi connectivity index (χ2n) is 5.55. The summed E-state index contributed by atoms with van der Waals surface area (Å²) in [6.07, 6.45) is 0. The lowest BCUT2D eigenvalue weighted by molar-refractivity contribution is 0.112. The molecule has 0 saturated carbocycles. The minimum absolute atomic E-state index is 0.446. The zero-order chi connectivity index (χ0) is 14.4. The number of ether oxygens (including phenoxy) is 1. The first-order valence-corrected chi connectivity index (χ1v) is 7.76. The number of hydrogen-bond acceptors (Lipinski definition) is 4. The quantitative estimate of drug-likeness (QED) is 0.794. The van der Waals surface area contributed by atoms with E-state index in [1.165, 1.54) is 15.3 Å². The van der Waals surface area contributed by atoms with Crippen LogP contribution in [0.25, 0.3) is 0 Å². The second kappa shape index (κ2) is 8.00. The van der Waals surface area contributed by atoms with Crippen LogP contribution in [0.1, 0.15) is 36.1 Å². The van der Waals surface area contributed by atoms with Crippen LogP contribution in [0.15, 0.2) is 6.07 Å². The summed E-state index contributed by atoms with van der Waals surface area (Å²) in [6.45, 7) is 11.5. The van der Waals surface area contributed by atoms with Crippen molar-refractivity contribution in [1.82, 2.24) is 10.2 Å². The highest BCUT2D eigenvalue weighted by Crippen LogP contribution is 2.23. The van der Waals surface area contributed by atoms with Crippen LogP contribution in [0.5, 0.6) is 0 Å². The van der Waals surface area contributed by atoms with Gasteiger partial charge in [0, 0.05) is 42.0 Å². The molecule has 4 heteroatoms. The Hall–Kier alpha value is -0.420. The minimum Gasteiger partial charge on any atom is -0.383 e. The van der Waals surface area contributed by atoms with E-state index in [-0.39, 0.29) is 0 Å². The van der Waals surface area contributed by atoms with Gasteiger partial charge in [0.1, 0.15) is 0 Å². The highest BCUT2D eigenvalue weighted by Gasteiger charge is 2.12. The molecule has 0 aliphatic carbocycles. The van der Waals surface area contributed by atoms with E-state index in [0.29, 0.717) is 12.1 Å². The van der Waals surface area contributed by atoms with E-state index in [9.17, 15) is 0 Å². The first-order valence-electron chi connectivity index (χ1n) is 6.94. The van der Waals surface area contributed by atoms with Gasteiger partial charge in [-0.2, -0.15) is 0 Å². The smallest absolute Gasteiger partial charge is 0.0615 e. The van der Waals surface area contributed by atoms with Gasteiger partial charge in [-0.15, -0.1) is 11.3 Å². The molecule has 110 valence electrons. The third kappa shape index (κ3) is 5.61. The summed E-state index contributed by atoms with van der Waals surface area (Å²) in [5.74, 6) is 0. The molecule has 0 aliphatic heterocycles. The molecule has 0 bridgehead atoms. The molecule has 1 atom stereocenters. The molecule has 1 aromatic rings. The van der Waals surface area contributed by atoms with Gasteiger partial charge in [0.2, 0.25) is 0 Å². The van der Waals surface area contributed by atoms with Gasteiger partial charge < -0.3 is 10.1 Å². The lowest BCUT2D eigenvalue weighted by atomic mass is 10.2. The number of aryl methyl sites for hydroxylation is 1. The minimum atomic E-state index is 0.446. The first kappa shape index (κ1) is 16.6. The average Bonchev–Trinajstić information content (AvgIpc) is 2.68. The Bertz CT molecular complexity index is 376.